The number of carbonyl (C=O) groups excluding carboxylic acids is 1. The molecule has 0 aromatic carbocycles. The minimum atomic E-state index is -4.56. The van der Waals surface area contributed by atoms with Crippen molar-refractivity contribution in [3.8, 4) is 0 Å². The number of nitrogens with one attached hydrogen (secondary N) is 1. The third kappa shape index (κ3) is 3.44. The number of hydrogen-bond acceptors (Lipinski definition) is 5. The summed E-state index contributed by atoms with van der Waals surface area (Å²) in [5, 5.41) is 2.83. The van der Waals surface area contributed by atoms with E-state index in [4.69, 9.17) is 0 Å². The summed E-state index contributed by atoms with van der Waals surface area (Å²) in [7, 11) is -3.21. The maximum atomic E-state index is 12.3. The van der Waals surface area contributed by atoms with Crippen molar-refractivity contribution in [2.24, 2.45) is 5.92 Å². The third-order valence-corrected chi connectivity index (χ3v) is 5.15. The van der Waals surface area contributed by atoms with Crippen LogP contribution < -0.4 is 5.32 Å². The van der Waals surface area contributed by atoms with Crippen molar-refractivity contribution in [3.05, 3.63) is 11.1 Å². The molecule has 1 saturated heterocycles. The second-order valence-corrected chi connectivity index (χ2v) is 7.21. The monoisotopic (exact) mass is 314 g/mol. The molecule has 1 aliphatic heterocycles. The molecule has 1 fully saturated rings. The lowest BCUT2D eigenvalue weighted by Gasteiger charge is -2.06. The van der Waals surface area contributed by atoms with E-state index in [-0.39, 0.29) is 23.1 Å². The number of alkyl halides is 3. The average molecular weight is 314 g/mol. The molecular weight excluding hydrogens is 305 g/mol. The second kappa shape index (κ2) is 4.75. The van der Waals surface area contributed by atoms with Crippen LogP contribution in [-0.2, 0) is 20.8 Å². The maximum absolute atomic E-state index is 12.3. The molecule has 2 heterocycles. The van der Waals surface area contributed by atoms with Crippen LogP contribution in [0, 0.1) is 5.92 Å². The zero-order chi connectivity index (χ0) is 14.3. The van der Waals surface area contributed by atoms with E-state index < -0.39 is 33.5 Å². The van der Waals surface area contributed by atoms with Crippen molar-refractivity contribution in [1.29, 1.82) is 0 Å². The number of carbonyl (C=O) groups is 1. The Balaban J connectivity index is 2.02. The molecule has 1 amide bonds. The highest BCUT2D eigenvalue weighted by Gasteiger charge is 2.35. The molecule has 0 aliphatic carbocycles. The highest BCUT2D eigenvalue weighted by Crippen LogP contribution is 2.32. The quantitative estimate of drug-likeness (QED) is 0.898. The summed E-state index contributed by atoms with van der Waals surface area (Å²) >= 11 is 0.651. The second-order valence-electron chi connectivity index (χ2n) is 4.12. The lowest BCUT2D eigenvalue weighted by molar-refractivity contribution is -0.140. The van der Waals surface area contributed by atoms with Crippen molar-refractivity contribution in [1.82, 2.24) is 4.98 Å². The van der Waals surface area contributed by atoms with Gasteiger partial charge >= 0.3 is 6.18 Å². The van der Waals surface area contributed by atoms with Crippen LogP contribution in [0.15, 0.2) is 5.38 Å². The fourth-order valence-corrected chi connectivity index (χ4v) is 4.13. The Hall–Kier alpha value is -1.16. The van der Waals surface area contributed by atoms with E-state index >= 15 is 0 Å². The van der Waals surface area contributed by atoms with Gasteiger partial charge in [-0.15, -0.1) is 11.3 Å². The van der Waals surface area contributed by atoms with Crippen molar-refractivity contribution in [2.75, 3.05) is 16.8 Å². The Morgan fingerprint density at radius 3 is 2.63 bits per heavy atom. The number of halogens is 3. The van der Waals surface area contributed by atoms with Crippen molar-refractivity contribution < 1.29 is 26.4 Å². The molecule has 10 heteroatoms. The number of rotatable bonds is 2. The highest BCUT2D eigenvalue weighted by atomic mass is 32.2. The van der Waals surface area contributed by atoms with Gasteiger partial charge in [0.2, 0.25) is 5.91 Å². The zero-order valence-electron chi connectivity index (χ0n) is 9.40. The molecule has 1 aromatic heterocycles. The molecule has 0 bridgehead atoms. The van der Waals surface area contributed by atoms with Crippen LogP contribution in [0.3, 0.4) is 0 Å². The molecule has 0 saturated carbocycles. The first-order valence-electron chi connectivity index (χ1n) is 5.21. The fourth-order valence-electron chi connectivity index (χ4n) is 1.67. The minimum Gasteiger partial charge on any atom is -0.302 e. The van der Waals surface area contributed by atoms with Gasteiger partial charge in [-0.25, -0.2) is 13.4 Å². The van der Waals surface area contributed by atoms with Gasteiger partial charge in [-0.3, -0.25) is 4.79 Å². The number of nitrogens with zero attached hydrogens (tertiary/aromatic N) is 1. The van der Waals surface area contributed by atoms with E-state index in [0.717, 1.165) is 5.38 Å². The number of thiazole rings is 1. The predicted octanol–water partition coefficient (Wildman–Crippen LogP) is 1.54. The van der Waals surface area contributed by atoms with Crippen LogP contribution in [-0.4, -0.2) is 30.8 Å². The molecule has 5 nitrogen and oxygen atoms in total. The number of hydrogen-bond donors (Lipinski definition) is 1. The molecular formula is C9H9F3N2O3S2. The Bertz CT molecular complexity index is 594. The van der Waals surface area contributed by atoms with Gasteiger partial charge in [0.25, 0.3) is 0 Å². The van der Waals surface area contributed by atoms with Gasteiger partial charge in [0, 0.05) is 5.38 Å². The van der Waals surface area contributed by atoms with Gasteiger partial charge in [0.15, 0.2) is 20.7 Å². The van der Waals surface area contributed by atoms with E-state index in [1.807, 2.05) is 0 Å². The van der Waals surface area contributed by atoms with Crippen LogP contribution in [0.2, 0.25) is 0 Å². The van der Waals surface area contributed by atoms with Crippen LogP contribution in [0.1, 0.15) is 12.1 Å². The zero-order valence-corrected chi connectivity index (χ0v) is 11.0. The first-order chi connectivity index (χ1) is 8.67. The molecule has 0 spiro atoms. The van der Waals surface area contributed by atoms with E-state index in [0.29, 0.717) is 11.3 Å². The number of amides is 1. The van der Waals surface area contributed by atoms with E-state index in [1.54, 1.807) is 0 Å². The molecule has 106 valence electrons. The van der Waals surface area contributed by atoms with E-state index in [1.165, 1.54) is 0 Å². The Kier molecular flexibility index (Phi) is 3.56. The first-order valence-corrected chi connectivity index (χ1v) is 7.91. The van der Waals surface area contributed by atoms with E-state index in [9.17, 15) is 26.4 Å². The van der Waals surface area contributed by atoms with Gasteiger partial charge in [-0.1, -0.05) is 0 Å². The van der Waals surface area contributed by atoms with Crippen molar-refractivity contribution >= 4 is 32.2 Å². The summed E-state index contributed by atoms with van der Waals surface area (Å²) in [5.74, 6) is -1.67. The maximum Gasteiger partial charge on any atom is 0.434 e. The smallest absolute Gasteiger partial charge is 0.302 e. The summed E-state index contributed by atoms with van der Waals surface area (Å²) in [6, 6.07) is 0. The van der Waals surface area contributed by atoms with Crippen molar-refractivity contribution in [3.63, 3.8) is 0 Å². The summed E-state index contributed by atoms with van der Waals surface area (Å²) < 4.78 is 59.3. The topological polar surface area (TPSA) is 76.1 Å². The highest BCUT2D eigenvalue weighted by molar-refractivity contribution is 7.91. The van der Waals surface area contributed by atoms with Crippen LogP contribution in [0.4, 0.5) is 18.3 Å². The van der Waals surface area contributed by atoms with Crippen LogP contribution >= 0.6 is 11.3 Å². The average Bonchev–Trinajstić information content (AvgIpc) is 2.83. The SMILES string of the molecule is O=C(Nc1nc(C(F)(F)F)cs1)[C@@H]1CCS(=O)(=O)C1. The predicted molar refractivity (Wildman–Crippen MR) is 62.5 cm³/mol. The summed E-state index contributed by atoms with van der Waals surface area (Å²) in [4.78, 5) is 14.9. The molecule has 0 unspecified atom stereocenters. The standard InChI is InChI=1S/C9H9F3N2O3S2/c10-9(11,12)6-3-18-8(13-6)14-7(15)5-1-2-19(16,17)4-5/h3,5H,1-2,4H2,(H,13,14,15)/t5-/m1/s1. The molecule has 1 N–H and O–H groups in total. The molecule has 1 aromatic rings. The molecule has 2 rings (SSSR count). The largest absolute Gasteiger partial charge is 0.434 e. The number of sulfone groups is 1. The lowest BCUT2D eigenvalue weighted by Crippen LogP contribution is -2.23. The molecule has 19 heavy (non-hydrogen) atoms. The van der Waals surface area contributed by atoms with Gasteiger partial charge in [-0.2, -0.15) is 13.2 Å². The Morgan fingerprint density at radius 1 is 1.47 bits per heavy atom. The number of aromatic nitrogens is 1. The third-order valence-electron chi connectivity index (χ3n) is 2.63. The lowest BCUT2D eigenvalue weighted by atomic mass is 10.1. The number of anilines is 1. The van der Waals surface area contributed by atoms with Crippen LogP contribution in [0.25, 0.3) is 0 Å². The van der Waals surface area contributed by atoms with Gasteiger partial charge in [0.05, 0.1) is 17.4 Å². The van der Waals surface area contributed by atoms with Crippen molar-refractivity contribution in [2.45, 2.75) is 12.6 Å². The van der Waals surface area contributed by atoms with Gasteiger partial charge in [-0.05, 0) is 6.42 Å². The normalized spacial score (nSPS) is 22.4. The summed E-state index contributed by atoms with van der Waals surface area (Å²) in [6.07, 6.45) is -4.37. The summed E-state index contributed by atoms with van der Waals surface area (Å²) in [5.41, 5.74) is -1.08. The van der Waals surface area contributed by atoms with Crippen LogP contribution in [0.5, 0.6) is 0 Å². The molecule has 1 atom stereocenters. The molecule has 1 aliphatic rings. The first kappa shape index (κ1) is 14.3. The summed E-state index contributed by atoms with van der Waals surface area (Å²) in [6.45, 7) is 0. The fraction of sp³-hybridized carbons (Fsp3) is 0.556. The molecule has 0 radical (unpaired) electrons. The van der Waals surface area contributed by atoms with E-state index in [2.05, 4.69) is 10.3 Å². The van der Waals surface area contributed by atoms with Gasteiger partial charge < -0.3 is 5.32 Å². The Morgan fingerprint density at radius 2 is 2.16 bits per heavy atom. The van der Waals surface area contributed by atoms with Gasteiger partial charge in [0.1, 0.15) is 0 Å². The Labute approximate surface area is 110 Å². The minimum absolute atomic E-state index is 0.0727.